The minimum absolute atomic E-state index is 0.0448. The van der Waals surface area contributed by atoms with E-state index < -0.39 is 0 Å². The van der Waals surface area contributed by atoms with Crippen LogP contribution in [0.15, 0.2) is 48.5 Å². The topological polar surface area (TPSA) is 79.0 Å². The van der Waals surface area contributed by atoms with Gasteiger partial charge in [0.05, 0.1) is 7.11 Å². The van der Waals surface area contributed by atoms with Crippen molar-refractivity contribution in [3.05, 3.63) is 59.7 Å². The van der Waals surface area contributed by atoms with Gasteiger partial charge in [0.1, 0.15) is 5.75 Å². The number of nitrogens with one attached hydrogen (secondary N) is 1. The van der Waals surface area contributed by atoms with E-state index in [-0.39, 0.29) is 23.6 Å². The zero-order valence-electron chi connectivity index (χ0n) is 17.8. The van der Waals surface area contributed by atoms with Crippen LogP contribution in [0, 0.1) is 11.8 Å². The number of anilines is 1. The lowest BCUT2D eigenvalue weighted by molar-refractivity contribution is -0.117. The number of ether oxygens (including phenoxy) is 1. The Balaban J connectivity index is 1.31. The summed E-state index contributed by atoms with van der Waals surface area (Å²) in [7, 11) is 1.57. The van der Waals surface area contributed by atoms with Gasteiger partial charge in [-0.3, -0.25) is 14.4 Å². The molecule has 1 saturated heterocycles. The number of amides is 3. The van der Waals surface area contributed by atoms with Gasteiger partial charge in [0.2, 0.25) is 5.91 Å². The van der Waals surface area contributed by atoms with Crippen LogP contribution in [0.25, 0.3) is 0 Å². The van der Waals surface area contributed by atoms with E-state index in [0.717, 1.165) is 6.42 Å². The minimum Gasteiger partial charge on any atom is -0.497 e. The van der Waals surface area contributed by atoms with E-state index >= 15 is 0 Å². The molecule has 0 radical (unpaired) electrons. The van der Waals surface area contributed by atoms with Crippen molar-refractivity contribution in [3.63, 3.8) is 0 Å². The van der Waals surface area contributed by atoms with Crippen molar-refractivity contribution in [1.29, 1.82) is 0 Å². The highest BCUT2D eigenvalue weighted by Gasteiger charge is 2.39. The van der Waals surface area contributed by atoms with Gasteiger partial charge >= 0.3 is 0 Å². The van der Waals surface area contributed by atoms with Crippen LogP contribution in [-0.4, -0.2) is 60.8 Å². The van der Waals surface area contributed by atoms with E-state index in [2.05, 4.69) is 12.2 Å². The highest BCUT2D eigenvalue weighted by atomic mass is 16.5. The van der Waals surface area contributed by atoms with Crippen LogP contribution < -0.4 is 10.1 Å². The third-order valence-electron chi connectivity index (χ3n) is 6.02. The monoisotopic (exact) mass is 421 g/mol. The maximum absolute atomic E-state index is 12.8. The molecule has 0 spiro atoms. The SMILES string of the molecule is COc1cccc(C(=O)N2CCN(C(=O)c3ccc(NC(=O)C4CC4C)cc3)CC2)c1. The van der Waals surface area contributed by atoms with Crippen LogP contribution in [0.3, 0.4) is 0 Å². The van der Waals surface area contributed by atoms with Crippen LogP contribution >= 0.6 is 0 Å². The average molecular weight is 421 g/mol. The molecular weight excluding hydrogens is 394 g/mol. The van der Waals surface area contributed by atoms with Gasteiger partial charge in [-0.25, -0.2) is 0 Å². The first-order valence-electron chi connectivity index (χ1n) is 10.6. The fourth-order valence-corrected chi connectivity index (χ4v) is 3.85. The molecule has 1 saturated carbocycles. The molecule has 2 fully saturated rings. The third-order valence-corrected chi connectivity index (χ3v) is 6.02. The van der Waals surface area contributed by atoms with Crippen molar-refractivity contribution in [2.75, 3.05) is 38.6 Å². The first kappa shape index (κ1) is 20.9. The number of methoxy groups -OCH3 is 1. The smallest absolute Gasteiger partial charge is 0.254 e. The van der Waals surface area contributed by atoms with Gasteiger partial charge in [0.25, 0.3) is 11.8 Å². The van der Waals surface area contributed by atoms with Crippen molar-refractivity contribution in [2.24, 2.45) is 11.8 Å². The first-order chi connectivity index (χ1) is 15.0. The summed E-state index contributed by atoms with van der Waals surface area (Å²) < 4.78 is 5.19. The molecule has 7 heteroatoms. The minimum atomic E-state index is -0.0674. The Morgan fingerprint density at radius 3 is 2.03 bits per heavy atom. The van der Waals surface area contributed by atoms with E-state index in [1.807, 2.05) is 0 Å². The van der Waals surface area contributed by atoms with Gasteiger partial charge in [-0.1, -0.05) is 13.0 Å². The van der Waals surface area contributed by atoms with Crippen molar-refractivity contribution in [3.8, 4) is 5.75 Å². The lowest BCUT2D eigenvalue weighted by atomic mass is 10.1. The molecule has 1 N–H and O–H groups in total. The molecule has 4 rings (SSSR count). The Bertz CT molecular complexity index is 981. The Morgan fingerprint density at radius 2 is 1.48 bits per heavy atom. The first-order valence-corrected chi connectivity index (χ1v) is 10.6. The lowest BCUT2D eigenvalue weighted by Gasteiger charge is -2.35. The van der Waals surface area contributed by atoms with Crippen molar-refractivity contribution >= 4 is 23.4 Å². The lowest BCUT2D eigenvalue weighted by Crippen LogP contribution is -2.50. The molecule has 2 aliphatic rings. The summed E-state index contributed by atoms with van der Waals surface area (Å²) in [5, 5.41) is 2.90. The van der Waals surface area contributed by atoms with E-state index in [9.17, 15) is 14.4 Å². The molecule has 31 heavy (non-hydrogen) atoms. The van der Waals surface area contributed by atoms with Crippen LogP contribution in [0.4, 0.5) is 5.69 Å². The molecule has 2 aromatic rings. The van der Waals surface area contributed by atoms with E-state index in [1.165, 1.54) is 0 Å². The molecule has 1 heterocycles. The number of rotatable bonds is 5. The van der Waals surface area contributed by atoms with Crippen LogP contribution in [0.1, 0.15) is 34.1 Å². The predicted octanol–water partition coefficient (Wildman–Crippen LogP) is 2.89. The summed E-state index contributed by atoms with van der Waals surface area (Å²) >= 11 is 0. The van der Waals surface area contributed by atoms with Crippen LogP contribution in [-0.2, 0) is 4.79 Å². The summed E-state index contributed by atoms with van der Waals surface area (Å²) in [4.78, 5) is 41.2. The van der Waals surface area contributed by atoms with Crippen LogP contribution in [0.2, 0.25) is 0 Å². The molecule has 1 aliphatic heterocycles. The summed E-state index contributed by atoms with van der Waals surface area (Å²) in [6.45, 7) is 3.99. The molecule has 3 amide bonds. The number of benzene rings is 2. The zero-order valence-corrected chi connectivity index (χ0v) is 17.8. The molecular formula is C24H27N3O4. The van der Waals surface area contributed by atoms with Gasteiger partial charge < -0.3 is 19.9 Å². The third kappa shape index (κ3) is 4.71. The van der Waals surface area contributed by atoms with Gasteiger partial charge in [-0.05, 0) is 54.8 Å². The van der Waals surface area contributed by atoms with E-state index in [0.29, 0.717) is 54.7 Å². The van der Waals surface area contributed by atoms with Crippen molar-refractivity contribution < 1.29 is 19.1 Å². The predicted molar refractivity (Wildman–Crippen MR) is 117 cm³/mol. The van der Waals surface area contributed by atoms with E-state index in [1.54, 1.807) is 65.4 Å². The van der Waals surface area contributed by atoms with Crippen molar-refractivity contribution in [1.82, 2.24) is 9.80 Å². The normalized spacial score (nSPS) is 20.2. The Kier molecular flexibility index (Phi) is 5.93. The molecule has 0 bridgehead atoms. The molecule has 1 aliphatic carbocycles. The quantitative estimate of drug-likeness (QED) is 0.805. The molecule has 2 atom stereocenters. The molecule has 2 unspecified atom stereocenters. The second-order valence-corrected chi connectivity index (χ2v) is 8.20. The highest BCUT2D eigenvalue weighted by Crippen LogP contribution is 2.38. The fourth-order valence-electron chi connectivity index (χ4n) is 3.85. The maximum Gasteiger partial charge on any atom is 0.254 e. The molecule has 0 aromatic heterocycles. The summed E-state index contributed by atoms with van der Waals surface area (Å²) in [5.74, 6) is 1.13. The number of hydrogen-bond donors (Lipinski definition) is 1. The van der Waals surface area contributed by atoms with Gasteiger partial charge in [0.15, 0.2) is 0 Å². The van der Waals surface area contributed by atoms with E-state index in [4.69, 9.17) is 4.74 Å². The van der Waals surface area contributed by atoms with Gasteiger partial charge in [-0.15, -0.1) is 0 Å². The number of hydrogen-bond acceptors (Lipinski definition) is 4. The van der Waals surface area contributed by atoms with Gasteiger partial charge in [0, 0.05) is 48.9 Å². The fraction of sp³-hybridized carbons (Fsp3) is 0.375. The average Bonchev–Trinajstić information content (AvgIpc) is 3.55. The summed E-state index contributed by atoms with van der Waals surface area (Å²) in [5.41, 5.74) is 1.86. The summed E-state index contributed by atoms with van der Waals surface area (Å²) in [6, 6.07) is 14.1. The second-order valence-electron chi connectivity index (χ2n) is 8.20. The number of piperazine rings is 1. The second kappa shape index (κ2) is 8.79. The standard InChI is InChI=1S/C24H27N3O4/c1-16-14-21(16)22(28)25-19-8-6-17(7-9-19)23(29)26-10-12-27(13-11-26)24(30)18-4-3-5-20(15-18)31-2/h3-9,15-16,21H,10-14H2,1-2H3,(H,25,28). The molecule has 162 valence electrons. The number of carbonyl (C=O) groups is 3. The number of carbonyl (C=O) groups excluding carboxylic acids is 3. The Labute approximate surface area is 182 Å². The Hall–Kier alpha value is -3.35. The maximum atomic E-state index is 12.8. The van der Waals surface area contributed by atoms with Crippen molar-refractivity contribution in [2.45, 2.75) is 13.3 Å². The molecule has 2 aromatic carbocycles. The largest absolute Gasteiger partial charge is 0.497 e. The highest BCUT2D eigenvalue weighted by molar-refractivity contribution is 5.97. The molecule has 7 nitrogen and oxygen atoms in total. The summed E-state index contributed by atoms with van der Waals surface area (Å²) in [6.07, 6.45) is 0.939. The van der Waals surface area contributed by atoms with Gasteiger partial charge in [-0.2, -0.15) is 0 Å². The Morgan fingerprint density at radius 1 is 0.903 bits per heavy atom. The zero-order chi connectivity index (χ0) is 22.0. The van der Waals surface area contributed by atoms with Crippen LogP contribution in [0.5, 0.6) is 5.75 Å². The number of nitrogens with zero attached hydrogens (tertiary/aromatic N) is 2.